The summed E-state index contributed by atoms with van der Waals surface area (Å²) in [4.78, 5) is 40.3. The van der Waals surface area contributed by atoms with Crippen LogP contribution < -0.4 is 15.0 Å². The summed E-state index contributed by atoms with van der Waals surface area (Å²) in [7, 11) is 1.59. The summed E-state index contributed by atoms with van der Waals surface area (Å²) in [5, 5.41) is 2.84. The first-order valence-corrected chi connectivity index (χ1v) is 10.7. The quantitative estimate of drug-likeness (QED) is 0.614. The molecule has 6 nitrogen and oxygen atoms in total. The Morgan fingerprint density at radius 2 is 1.48 bits per heavy atom. The molecule has 156 valence electrons. The van der Waals surface area contributed by atoms with E-state index >= 15 is 0 Å². The largest absolute Gasteiger partial charge is 0.497 e. The Morgan fingerprint density at radius 1 is 0.903 bits per heavy atom. The molecule has 3 fully saturated rings. The number of carbonyl (C=O) groups excluding carboxylic acids is 3. The Morgan fingerprint density at radius 3 is 2.03 bits per heavy atom. The first-order valence-electron chi connectivity index (χ1n) is 10.7. The molecular formula is C25H22N2O4. The lowest BCUT2D eigenvalue weighted by atomic mass is 9.63. The Bertz CT molecular complexity index is 1090. The van der Waals surface area contributed by atoms with Crippen molar-refractivity contribution in [3.8, 4) is 5.75 Å². The van der Waals surface area contributed by atoms with Gasteiger partial charge < -0.3 is 10.1 Å². The van der Waals surface area contributed by atoms with Gasteiger partial charge in [0, 0.05) is 11.3 Å². The molecule has 7 rings (SSSR count). The van der Waals surface area contributed by atoms with Crippen LogP contribution >= 0.6 is 0 Å². The molecule has 0 aromatic heterocycles. The minimum absolute atomic E-state index is 0.0878. The van der Waals surface area contributed by atoms with Crippen molar-refractivity contribution < 1.29 is 19.1 Å². The molecule has 6 atom stereocenters. The standard InChI is InChI=1S/C25H22N2O4/c1-31-16-8-4-14(5-9-16)26-23(28)13-2-6-15(7-3-13)27-24(29)21-17-10-11-18(20-12-19(17)20)22(21)25(27)30/h2-11,17-22H,12H2,1H3,(H,26,28)/t17-,18+,19-,20-,21+,22+/m1/s1. The molecule has 5 aliphatic rings. The summed E-state index contributed by atoms with van der Waals surface area (Å²) in [6, 6.07) is 13.8. The van der Waals surface area contributed by atoms with Crippen LogP contribution in [0.5, 0.6) is 5.75 Å². The maximum atomic E-state index is 13.2. The highest BCUT2D eigenvalue weighted by Gasteiger charge is 2.67. The minimum atomic E-state index is -0.258. The highest BCUT2D eigenvalue weighted by Crippen LogP contribution is 2.65. The predicted molar refractivity (Wildman–Crippen MR) is 115 cm³/mol. The van der Waals surface area contributed by atoms with Crippen LogP contribution in [0.4, 0.5) is 11.4 Å². The van der Waals surface area contributed by atoms with Crippen molar-refractivity contribution >= 4 is 29.1 Å². The summed E-state index contributed by atoms with van der Waals surface area (Å²) in [6.45, 7) is 0. The van der Waals surface area contributed by atoms with E-state index in [9.17, 15) is 14.4 Å². The molecule has 2 aromatic carbocycles. The number of imide groups is 1. The second-order valence-electron chi connectivity index (χ2n) is 8.90. The van der Waals surface area contributed by atoms with Gasteiger partial charge in [0.25, 0.3) is 5.91 Å². The summed E-state index contributed by atoms with van der Waals surface area (Å²) in [5.74, 6) is 1.41. The maximum Gasteiger partial charge on any atom is 0.255 e. The number of hydrogen-bond donors (Lipinski definition) is 1. The van der Waals surface area contributed by atoms with Gasteiger partial charge >= 0.3 is 0 Å². The van der Waals surface area contributed by atoms with Crippen LogP contribution in [0.15, 0.2) is 60.7 Å². The Labute approximate surface area is 179 Å². The number of methoxy groups -OCH3 is 1. The predicted octanol–water partition coefficient (Wildman–Crippen LogP) is 3.51. The SMILES string of the molecule is COc1ccc(NC(=O)c2ccc(N3C(=O)[C@H]4[C@@H]5C=C[C@@H]([C@H]6C[C@H]56)[C@@H]4C3=O)cc2)cc1. The van der Waals surface area contributed by atoms with Crippen molar-refractivity contribution in [2.45, 2.75) is 6.42 Å². The van der Waals surface area contributed by atoms with Crippen molar-refractivity contribution in [1.82, 2.24) is 0 Å². The molecule has 2 bridgehead atoms. The number of nitrogens with one attached hydrogen (secondary N) is 1. The Hall–Kier alpha value is -3.41. The highest BCUT2D eigenvalue weighted by molar-refractivity contribution is 6.22. The summed E-state index contributed by atoms with van der Waals surface area (Å²) < 4.78 is 5.12. The first kappa shape index (κ1) is 18.4. The number of nitrogens with zero attached hydrogens (tertiary/aromatic N) is 1. The fourth-order valence-electron chi connectivity index (χ4n) is 5.85. The van der Waals surface area contributed by atoms with E-state index in [1.165, 1.54) is 4.90 Å². The zero-order valence-electron chi connectivity index (χ0n) is 17.0. The van der Waals surface area contributed by atoms with Crippen LogP contribution in [0.3, 0.4) is 0 Å². The average Bonchev–Trinajstić information content (AvgIpc) is 3.58. The fourth-order valence-corrected chi connectivity index (χ4v) is 5.85. The van der Waals surface area contributed by atoms with Gasteiger partial charge in [-0.05, 0) is 78.6 Å². The third-order valence-electron chi connectivity index (χ3n) is 7.40. The molecule has 3 amide bonds. The normalized spacial score (nSPS) is 32.0. The van der Waals surface area contributed by atoms with Crippen LogP contribution in [-0.4, -0.2) is 24.8 Å². The zero-order chi connectivity index (χ0) is 21.3. The van der Waals surface area contributed by atoms with Crippen molar-refractivity contribution in [2.24, 2.45) is 35.5 Å². The summed E-state index contributed by atoms with van der Waals surface area (Å²) >= 11 is 0. The van der Waals surface area contributed by atoms with Gasteiger partial charge in [0.1, 0.15) is 5.75 Å². The van der Waals surface area contributed by atoms with E-state index in [4.69, 9.17) is 4.74 Å². The van der Waals surface area contributed by atoms with Gasteiger partial charge in [0.15, 0.2) is 0 Å². The van der Waals surface area contributed by atoms with Crippen LogP contribution in [0.25, 0.3) is 0 Å². The average molecular weight is 414 g/mol. The minimum Gasteiger partial charge on any atom is -0.497 e. The summed E-state index contributed by atoms with van der Waals surface area (Å²) in [6.07, 6.45) is 5.48. The van der Waals surface area contributed by atoms with E-state index in [0.29, 0.717) is 34.5 Å². The maximum absolute atomic E-state index is 13.2. The molecule has 1 saturated heterocycles. The molecule has 0 unspecified atom stereocenters. The van der Waals surface area contributed by atoms with E-state index in [0.717, 1.165) is 6.42 Å². The number of amides is 3. The van der Waals surface area contributed by atoms with Crippen LogP contribution in [0.2, 0.25) is 0 Å². The molecule has 2 saturated carbocycles. The molecule has 0 spiro atoms. The number of benzene rings is 2. The lowest BCUT2D eigenvalue weighted by Crippen LogP contribution is -2.40. The molecule has 6 heteroatoms. The zero-order valence-corrected chi connectivity index (χ0v) is 17.0. The van der Waals surface area contributed by atoms with E-state index in [-0.39, 0.29) is 41.4 Å². The summed E-state index contributed by atoms with van der Waals surface area (Å²) in [5.41, 5.74) is 1.66. The third-order valence-corrected chi connectivity index (χ3v) is 7.40. The smallest absolute Gasteiger partial charge is 0.255 e. The lowest BCUT2D eigenvalue weighted by molar-refractivity contribution is -0.124. The molecule has 1 aliphatic heterocycles. The third kappa shape index (κ3) is 2.67. The first-order chi connectivity index (χ1) is 15.1. The van der Waals surface area contributed by atoms with Crippen LogP contribution in [0, 0.1) is 35.5 Å². The molecule has 31 heavy (non-hydrogen) atoms. The molecule has 1 N–H and O–H groups in total. The number of ether oxygens (including phenoxy) is 1. The topological polar surface area (TPSA) is 75.7 Å². The van der Waals surface area contributed by atoms with Gasteiger partial charge in [-0.25, -0.2) is 0 Å². The molecule has 1 heterocycles. The number of rotatable bonds is 4. The number of anilines is 2. The van der Waals surface area contributed by atoms with E-state index in [1.54, 1.807) is 55.6 Å². The second kappa shape index (κ2) is 6.54. The van der Waals surface area contributed by atoms with E-state index in [2.05, 4.69) is 17.5 Å². The van der Waals surface area contributed by atoms with Gasteiger partial charge in [0.05, 0.1) is 24.6 Å². The van der Waals surface area contributed by atoms with Crippen LogP contribution in [-0.2, 0) is 9.59 Å². The lowest BCUT2D eigenvalue weighted by Gasteiger charge is -2.37. The van der Waals surface area contributed by atoms with Gasteiger partial charge in [-0.2, -0.15) is 0 Å². The highest BCUT2D eigenvalue weighted by atomic mass is 16.5. The molecule has 4 aliphatic carbocycles. The molecule has 2 aromatic rings. The van der Waals surface area contributed by atoms with Crippen molar-refractivity contribution in [1.29, 1.82) is 0 Å². The number of carbonyl (C=O) groups is 3. The van der Waals surface area contributed by atoms with Gasteiger partial charge in [-0.15, -0.1) is 0 Å². The van der Waals surface area contributed by atoms with Gasteiger partial charge in [-0.3, -0.25) is 19.3 Å². The molecule has 0 radical (unpaired) electrons. The van der Waals surface area contributed by atoms with Crippen molar-refractivity contribution in [3.63, 3.8) is 0 Å². The Kier molecular flexibility index (Phi) is 3.88. The van der Waals surface area contributed by atoms with Crippen molar-refractivity contribution in [2.75, 3.05) is 17.3 Å². The fraction of sp³-hybridized carbons (Fsp3) is 0.320. The van der Waals surface area contributed by atoms with Gasteiger partial charge in [-0.1, -0.05) is 12.2 Å². The number of hydrogen-bond acceptors (Lipinski definition) is 4. The van der Waals surface area contributed by atoms with Crippen LogP contribution in [0.1, 0.15) is 16.8 Å². The van der Waals surface area contributed by atoms with E-state index in [1.807, 2.05) is 0 Å². The Balaban J connectivity index is 1.20. The number of allylic oxidation sites excluding steroid dienone is 2. The van der Waals surface area contributed by atoms with E-state index < -0.39 is 0 Å². The molecular weight excluding hydrogens is 392 g/mol. The second-order valence-corrected chi connectivity index (χ2v) is 8.90. The monoisotopic (exact) mass is 414 g/mol. The van der Waals surface area contributed by atoms with Gasteiger partial charge in [0.2, 0.25) is 11.8 Å². The van der Waals surface area contributed by atoms with Crippen molar-refractivity contribution in [3.05, 3.63) is 66.2 Å².